The normalized spacial score (nSPS) is 12.0. The van der Waals surface area contributed by atoms with Gasteiger partial charge >= 0.3 is 5.97 Å². The number of ether oxygens (including phenoxy) is 1. The van der Waals surface area contributed by atoms with Gasteiger partial charge in [0, 0.05) is 13.2 Å². The molecular weight excluding hydrogens is 374 g/mol. The van der Waals surface area contributed by atoms with Crippen molar-refractivity contribution >= 4 is 45.0 Å². The third-order valence-electron chi connectivity index (χ3n) is 3.95. The van der Waals surface area contributed by atoms with Gasteiger partial charge in [0.1, 0.15) is 10.2 Å². The molecular formula is C18H16ClN3O3S. The Hall–Kier alpha value is -2.51. The van der Waals surface area contributed by atoms with Crippen LogP contribution in [-0.4, -0.2) is 40.4 Å². The molecule has 134 valence electrons. The van der Waals surface area contributed by atoms with Crippen molar-refractivity contribution < 1.29 is 14.3 Å². The fourth-order valence-electron chi connectivity index (χ4n) is 2.30. The van der Waals surface area contributed by atoms with Crippen LogP contribution in [0, 0.1) is 0 Å². The number of nitrogens with zero attached hydrogens (tertiary/aromatic N) is 3. The van der Waals surface area contributed by atoms with Gasteiger partial charge in [-0.15, -0.1) is 11.3 Å². The van der Waals surface area contributed by atoms with Crippen LogP contribution >= 0.6 is 22.9 Å². The highest BCUT2D eigenvalue weighted by Crippen LogP contribution is 2.28. The maximum absolute atomic E-state index is 12.4. The summed E-state index contributed by atoms with van der Waals surface area (Å²) in [4.78, 5) is 34.3. The van der Waals surface area contributed by atoms with E-state index >= 15 is 0 Å². The lowest BCUT2D eigenvalue weighted by atomic mass is 10.3. The Morgan fingerprint density at radius 1 is 1.27 bits per heavy atom. The third kappa shape index (κ3) is 3.84. The summed E-state index contributed by atoms with van der Waals surface area (Å²) in [5.74, 6) is -1.01. The molecule has 0 bridgehead atoms. The third-order valence-corrected chi connectivity index (χ3v) is 5.46. The monoisotopic (exact) mass is 389 g/mol. The molecule has 3 aromatic rings. The molecule has 26 heavy (non-hydrogen) atoms. The molecule has 1 atom stereocenters. The second kappa shape index (κ2) is 7.80. The number of thiazole rings is 1. The molecule has 2 aromatic heterocycles. The fourth-order valence-corrected chi connectivity index (χ4v) is 3.55. The van der Waals surface area contributed by atoms with Gasteiger partial charge in [0.25, 0.3) is 5.91 Å². The number of hydrogen-bond donors (Lipinski definition) is 0. The van der Waals surface area contributed by atoms with Crippen molar-refractivity contribution in [2.45, 2.75) is 13.0 Å². The van der Waals surface area contributed by atoms with E-state index in [1.807, 2.05) is 31.2 Å². The molecule has 0 N–H and O–H groups in total. The van der Waals surface area contributed by atoms with Crippen LogP contribution in [0.25, 0.3) is 10.2 Å². The number of halogens is 1. The molecule has 0 fully saturated rings. The zero-order chi connectivity index (χ0) is 18.7. The van der Waals surface area contributed by atoms with Gasteiger partial charge in [0.15, 0.2) is 6.61 Å². The molecule has 0 unspecified atom stereocenters. The first-order valence-corrected chi connectivity index (χ1v) is 9.05. The molecule has 1 amide bonds. The van der Waals surface area contributed by atoms with E-state index in [1.165, 1.54) is 28.5 Å². The number of rotatable bonds is 5. The molecule has 0 aliphatic heterocycles. The van der Waals surface area contributed by atoms with Crippen LogP contribution < -0.4 is 0 Å². The molecule has 2 heterocycles. The summed E-state index contributed by atoms with van der Waals surface area (Å²) in [7, 11) is 1.66. The first-order chi connectivity index (χ1) is 12.5. The number of amides is 1. The van der Waals surface area contributed by atoms with Gasteiger partial charge in [0.2, 0.25) is 0 Å². The van der Waals surface area contributed by atoms with Crippen LogP contribution in [0.4, 0.5) is 0 Å². The summed E-state index contributed by atoms with van der Waals surface area (Å²) in [6, 6.07) is 10.6. The highest BCUT2D eigenvalue weighted by atomic mass is 35.5. The Morgan fingerprint density at radius 2 is 2.04 bits per heavy atom. The quantitative estimate of drug-likeness (QED) is 0.491. The van der Waals surface area contributed by atoms with E-state index in [0.29, 0.717) is 0 Å². The first kappa shape index (κ1) is 18.3. The number of fused-ring (bicyclic) bond motifs is 1. The van der Waals surface area contributed by atoms with E-state index in [4.69, 9.17) is 16.3 Å². The summed E-state index contributed by atoms with van der Waals surface area (Å²) in [5, 5.41) is 0.866. The summed E-state index contributed by atoms with van der Waals surface area (Å²) in [5.41, 5.74) is 1.03. The van der Waals surface area contributed by atoms with E-state index in [-0.39, 0.29) is 29.3 Å². The Kier molecular flexibility index (Phi) is 5.49. The average Bonchev–Trinajstić information content (AvgIpc) is 3.09. The number of pyridine rings is 1. The molecule has 0 aliphatic carbocycles. The molecule has 8 heteroatoms. The van der Waals surface area contributed by atoms with Crippen LogP contribution in [0.2, 0.25) is 5.15 Å². The number of carbonyl (C=O) groups is 2. The van der Waals surface area contributed by atoms with Crippen molar-refractivity contribution in [1.29, 1.82) is 0 Å². The fraction of sp³-hybridized carbons (Fsp3) is 0.222. The minimum absolute atomic E-state index is 0.0427. The number of esters is 1. The highest BCUT2D eigenvalue weighted by molar-refractivity contribution is 7.18. The molecule has 0 radical (unpaired) electrons. The first-order valence-electron chi connectivity index (χ1n) is 7.86. The Balaban J connectivity index is 1.63. The molecule has 0 saturated heterocycles. The second-order valence-electron chi connectivity index (χ2n) is 5.62. The number of benzene rings is 1. The summed E-state index contributed by atoms with van der Waals surface area (Å²) in [6.45, 7) is 1.51. The maximum atomic E-state index is 12.4. The molecule has 6 nitrogen and oxygen atoms in total. The summed E-state index contributed by atoms with van der Waals surface area (Å²) in [6.07, 6.45) is 1.47. The highest BCUT2D eigenvalue weighted by Gasteiger charge is 2.22. The number of aromatic nitrogens is 2. The Labute approximate surface area is 159 Å². The zero-order valence-corrected chi connectivity index (χ0v) is 15.8. The van der Waals surface area contributed by atoms with Crippen LogP contribution in [0.1, 0.15) is 28.3 Å². The van der Waals surface area contributed by atoms with Crippen LogP contribution in [0.15, 0.2) is 42.6 Å². The van der Waals surface area contributed by atoms with Gasteiger partial charge in [-0.3, -0.25) is 4.79 Å². The average molecular weight is 390 g/mol. The minimum atomic E-state index is -0.683. The molecule has 0 saturated carbocycles. The number of likely N-dealkylation sites (N-methyl/N-ethyl adjacent to an activating group) is 1. The van der Waals surface area contributed by atoms with Gasteiger partial charge < -0.3 is 9.64 Å². The van der Waals surface area contributed by atoms with E-state index in [1.54, 1.807) is 13.1 Å². The molecule has 0 aliphatic rings. The van der Waals surface area contributed by atoms with Gasteiger partial charge in [-0.2, -0.15) is 0 Å². The maximum Gasteiger partial charge on any atom is 0.341 e. The SMILES string of the molecule is C[C@@H](c1nc2ccccc2s1)N(C)C(=O)COC(=O)c1cccnc1Cl. The van der Waals surface area contributed by atoms with E-state index in [2.05, 4.69) is 9.97 Å². The predicted octanol–water partition coefficient (Wildman–Crippen LogP) is 3.72. The standard InChI is InChI=1S/C18H16ClN3O3S/c1-11(17-21-13-7-3-4-8-14(13)26-17)22(2)15(23)10-25-18(24)12-6-5-9-20-16(12)19/h3-9,11H,10H2,1-2H3/t11-/m0/s1. The van der Waals surface area contributed by atoms with E-state index < -0.39 is 5.97 Å². The van der Waals surface area contributed by atoms with Gasteiger partial charge in [-0.05, 0) is 31.2 Å². The second-order valence-corrected chi connectivity index (χ2v) is 7.04. The lowest BCUT2D eigenvalue weighted by Gasteiger charge is -2.23. The van der Waals surface area contributed by atoms with Crippen LogP contribution in [0.5, 0.6) is 0 Å². The lowest BCUT2D eigenvalue weighted by molar-refractivity contribution is -0.135. The molecule has 3 rings (SSSR count). The van der Waals surface area contributed by atoms with E-state index in [9.17, 15) is 9.59 Å². The van der Waals surface area contributed by atoms with Crippen molar-refractivity contribution in [1.82, 2.24) is 14.9 Å². The predicted molar refractivity (Wildman–Crippen MR) is 100 cm³/mol. The minimum Gasteiger partial charge on any atom is -0.452 e. The summed E-state index contributed by atoms with van der Waals surface area (Å²) < 4.78 is 6.13. The van der Waals surface area contributed by atoms with Crippen LogP contribution in [-0.2, 0) is 9.53 Å². The Morgan fingerprint density at radius 3 is 2.77 bits per heavy atom. The van der Waals surface area contributed by atoms with Gasteiger partial charge in [0.05, 0.1) is 21.8 Å². The number of para-hydroxylation sites is 1. The lowest BCUT2D eigenvalue weighted by Crippen LogP contribution is -2.33. The van der Waals surface area contributed by atoms with Crippen molar-refractivity contribution in [3.63, 3.8) is 0 Å². The van der Waals surface area contributed by atoms with Crippen molar-refractivity contribution in [3.05, 3.63) is 58.3 Å². The zero-order valence-electron chi connectivity index (χ0n) is 14.2. The van der Waals surface area contributed by atoms with Gasteiger partial charge in [-0.25, -0.2) is 14.8 Å². The Bertz CT molecular complexity index is 927. The number of carbonyl (C=O) groups excluding carboxylic acids is 2. The van der Waals surface area contributed by atoms with E-state index in [0.717, 1.165) is 15.2 Å². The molecule has 0 spiro atoms. The van der Waals surface area contributed by atoms with Gasteiger partial charge in [-0.1, -0.05) is 23.7 Å². The smallest absolute Gasteiger partial charge is 0.341 e. The molecule has 1 aromatic carbocycles. The van der Waals surface area contributed by atoms with Crippen molar-refractivity contribution in [2.24, 2.45) is 0 Å². The largest absolute Gasteiger partial charge is 0.452 e. The van der Waals surface area contributed by atoms with Crippen molar-refractivity contribution in [3.8, 4) is 0 Å². The topological polar surface area (TPSA) is 72.4 Å². The van der Waals surface area contributed by atoms with Crippen LogP contribution in [0.3, 0.4) is 0 Å². The summed E-state index contributed by atoms with van der Waals surface area (Å²) >= 11 is 7.39. The van der Waals surface area contributed by atoms with Crippen molar-refractivity contribution in [2.75, 3.05) is 13.7 Å². The number of hydrogen-bond acceptors (Lipinski definition) is 6.